The number of nitrogens with zero attached hydrogens (tertiary/aromatic N) is 1. The third-order valence-electron chi connectivity index (χ3n) is 4.13. The zero-order chi connectivity index (χ0) is 19.4. The van der Waals surface area contributed by atoms with Gasteiger partial charge >= 0.3 is 0 Å². The molecule has 1 N–H and O–H groups in total. The van der Waals surface area contributed by atoms with Gasteiger partial charge in [0.2, 0.25) is 5.91 Å². The average molecular weight is 417 g/mol. The van der Waals surface area contributed by atoms with Crippen molar-refractivity contribution in [3.8, 4) is 0 Å². The Bertz CT molecular complexity index is 904. The number of thiophene rings is 1. The summed E-state index contributed by atoms with van der Waals surface area (Å²) in [5.74, 6) is -0.130. The van der Waals surface area contributed by atoms with Crippen molar-refractivity contribution in [3.05, 3.63) is 56.6 Å². The maximum Gasteiger partial charge on any atom is 0.266 e. The highest BCUT2D eigenvalue weighted by atomic mass is 32.2. The van der Waals surface area contributed by atoms with Crippen molar-refractivity contribution < 1.29 is 9.59 Å². The third-order valence-corrected chi connectivity index (χ3v) is 6.33. The highest BCUT2D eigenvalue weighted by molar-refractivity contribution is 8.26. The number of hydrogen-bond donors (Lipinski definition) is 1. The molecule has 7 heteroatoms. The molecule has 27 heavy (non-hydrogen) atoms. The Morgan fingerprint density at radius 1 is 1.30 bits per heavy atom. The van der Waals surface area contributed by atoms with E-state index in [-0.39, 0.29) is 11.8 Å². The minimum Gasteiger partial charge on any atom is -0.326 e. The first-order valence-corrected chi connectivity index (χ1v) is 10.7. The SMILES string of the molecule is Cc1ccc(NC(=O)CCCN2C(=O)/C(=C/c3cccs3)SC2=S)c(C)c1. The second kappa shape index (κ2) is 8.82. The van der Waals surface area contributed by atoms with E-state index in [1.807, 2.05) is 55.6 Å². The topological polar surface area (TPSA) is 49.4 Å². The number of amides is 2. The molecular weight excluding hydrogens is 396 g/mol. The first kappa shape index (κ1) is 19.8. The van der Waals surface area contributed by atoms with Crippen LogP contribution in [0, 0.1) is 13.8 Å². The molecule has 2 heterocycles. The summed E-state index contributed by atoms with van der Waals surface area (Å²) in [5, 5.41) is 4.91. The number of thiocarbonyl (C=S) groups is 1. The highest BCUT2D eigenvalue weighted by Gasteiger charge is 2.31. The van der Waals surface area contributed by atoms with Gasteiger partial charge in [-0.1, -0.05) is 47.7 Å². The van der Waals surface area contributed by atoms with Crippen molar-refractivity contribution in [2.45, 2.75) is 26.7 Å². The molecular formula is C20H20N2O2S3. The number of aryl methyl sites for hydroxylation is 2. The molecule has 1 aromatic carbocycles. The molecule has 1 saturated heterocycles. The van der Waals surface area contributed by atoms with E-state index in [9.17, 15) is 9.59 Å². The standard InChI is InChI=1S/C20H20N2O2S3/c1-13-7-8-16(14(2)11-13)21-18(23)6-3-9-22-19(24)17(27-20(22)25)12-15-5-4-10-26-15/h4-5,7-8,10-12H,3,6,9H2,1-2H3,(H,21,23)/b17-12-. The molecule has 0 radical (unpaired) electrons. The van der Waals surface area contributed by atoms with E-state index in [4.69, 9.17) is 12.2 Å². The Morgan fingerprint density at radius 2 is 2.11 bits per heavy atom. The zero-order valence-electron chi connectivity index (χ0n) is 15.2. The summed E-state index contributed by atoms with van der Waals surface area (Å²) in [6.45, 7) is 4.45. The fourth-order valence-electron chi connectivity index (χ4n) is 2.76. The van der Waals surface area contributed by atoms with Crippen molar-refractivity contribution >= 4 is 63.2 Å². The van der Waals surface area contributed by atoms with Crippen LogP contribution in [-0.2, 0) is 9.59 Å². The maximum atomic E-state index is 12.5. The fourth-order valence-corrected chi connectivity index (χ4v) is 4.79. The van der Waals surface area contributed by atoms with Crippen molar-refractivity contribution in [1.29, 1.82) is 0 Å². The summed E-state index contributed by atoms with van der Waals surface area (Å²) in [5.41, 5.74) is 3.03. The summed E-state index contributed by atoms with van der Waals surface area (Å²) in [6.07, 6.45) is 2.78. The molecule has 0 saturated carbocycles. The van der Waals surface area contributed by atoms with Gasteiger partial charge in [-0.25, -0.2) is 0 Å². The number of hydrogen-bond acceptors (Lipinski definition) is 5. The van der Waals surface area contributed by atoms with Gasteiger partial charge in [-0.05, 0) is 49.4 Å². The van der Waals surface area contributed by atoms with E-state index < -0.39 is 0 Å². The van der Waals surface area contributed by atoms with Crippen molar-refractivity contribution in [2.75, 3.05) is 11.9 Å². The highest BCUT2D eigenvalue weighted by Crippen LogP contribution is 2.33. The van der Waals surface area contributed by atoms with Crippen LogP contribution in [0.4, 0.5) is 5.69 Å². The van der Waals surface area contributed by atoms with Crippen LogP contribution in [0.3, 0.4) is 0 Å². The van der Waals surface area contributed by atoms with Crippen LogP contribution in [-0.4, -0.2) is 27.6 Å². The first-order chi connectivity index (χ1) is 12.9. The number of anilines is 1. The summed E-state index contributed by atoms with van der Waals surface area (Å²) in [7, 11) is 0. The van der Waals surface area contributed by atoms with Crippen LogP contribution in [0.5, 0.6) is 0 Å². The van der Waals surface area contributed by atoms with E-state index in [1.165, 1.54) is 11.8 Å². The van der Waals surface area contributed by atoms with Gasteiger partial charge in [-0.15, -0.1) is 11.3 Å². The van der Waals surface area contributed by atoms with Crippen LogP contribution in [0.25, 0.3) is 6.08 Å². The number of carbonyl (C=O) groups is 2. The molecule has 0 unspecified atom stereocenters. The second-order valence-electron chi connectivity index (χ2n) is 6.32. The average Bonchev–Trinajstić information content (AvgIpc) is 3.21. The van der Waals surface area contributed by atoms with Gasteiger partial charge in [0.05, 0.1) is 4.91 Å². The van der Waals surface area contributed by atoms with Crippen molar-refractivity contribution in [1.82, 2.24) is 4.90 Å². The van der Waals surface area contributed by atoms with E-state index in [2.05, 4.69) is 5.32 Å². The summed E-state index contributed by atoms with van der Waals surface area (Å²) >= 11 is 8.24. The minimum absolute atomic E-state index is 0.0541. The van der Waals surface area contributed by atoms with E-state index >= 15 is 0 Å². The monoisotopic (exact) mass is 416 g/mol. The summed E-state index contributed by atoms with van der Waals surface area (Å²) in [4.78, 5) is 28.0. The number of nitrogens with one attached hydrogen (secondary N) is 1. The number of rotatable bonds is 6. The quantitative estimate of drug-likeness (QED) is 0.533. The van der Waals surface area contributed by atoms with E-state index in [0.717, 1.165) is 21.7 Å². The van der Waals surface area contributed by atoms with Gasteiger partial charge in [-0.3, -0.25) is 14.5 Å². The van der Waals surface area contributed by atoms with Crippen molar-refractivity contribution in [2.24, 2.45) is 0 Å². The smallest absolute Gasteiger partial charge is 0.266 e. The lowest BCUT2D eigenvalue weighted by Crippen LogP contribution is -2.29. The van der Waals surface area contributed by atoms with Gasteiger partial charge in [0, 0.05) is 23.5 Å². The lowest BCUT2D eigenvalue weighted by atomic mass is 10.1. The predicted molar refractivity (Wildman–Crippen MR) is 118 cm³/mol. The van der Waals surface area contributed by atoms with Gasteiger partial charge < -0.3 is 5.32 Å². The maximum absolute atomic E-state index is 12.5. The lowest BCUT2D eigenvalue weighted by Gasteiger charge is -2.14. The molecule has 140 valence electrons. The molecule has 0 aliphatic carbocycles. The Balaban J connectivity index is 1.52. The van der Waals surface area contributed by atoms with Crippen LogP contribution < -0.4 is 5.32 Å². The van der Waals surface area contributed by atoms with Crippen LogP contribution in [0.1, 0.15) is 28.8 Å². The van der Waals surface area contributed by atoms with Crippen LogP contribution >= 0.6 is 35.3 Å². The third kappa shape index (κ3) is 5.06. The van der Waals surface area contributed by atoms with Crippen LogP contribution in [0.2, 0.25) is 0 Å². The second-order valence-corrected chi connectivity index (χ2v) is 8.97. The van der Waals surface area contributed by atoms with Gasteiger partial charge in [0.15, 0.2) is 0 Å². The molecule has 2 amide bonds. The molecule has 1 aliphatic heterocycles. The number of benzene rings is 1. The first-order valence-electron chi connectivity index (χ1n) is 8.60. The Labute approximate surface area is 172 Å². The fraction of sp³-hybridized carbons (Fsp3) is 0.250. The summed E-state index contributed by atoms with van der Waals surface area (Å²) in [6, 6.07) is 9.85. The zero-order valence-corrected chi connectivity index (χ0v) is 17.6. The van der Waals surface area contributed by atoms with Gasteiger partial charge in [-0.2, -0.15) is 0 Å². The Morgan fingerprint density at radius 3 is 2.81 bits per heavy atom. The Hall–Kier alpha value is -1.96. The Kier molecular flexibility index (Phi) is 6.46. The summed E-state index contributed by atoms with van der Waals surface area (Å²) < 4.78 is 0.553. The molecule has 0 bridgehead atoms. The van der Waals surface area contributed by atoms with Gasteiger partial charge in [0.25, 0.3) is 5.91 Å². The largest absolute Gasteiger partial charge is 0.326 e. The minimum atomic E-state index is -0.0758. The number of carbonyl (C=O) groups excluding carboxylic acids is 2. The van der Waals surface area contributed by atoms with Gasteiger partial charge in [0.1, 0.15) is 4.32 Å². The molecule has 2 aromatic rings. The van der Waals surface area contributed by atoms with E-state index in [0.29, 0.717) is 28.6 Å². The molecule has 3 rings (SSSR count). The van der Waals surface area contributed by atoms with Crippen molar-refractivity contribution in [3.63, 3.8) is 0 Å². The van der Waals surface area contributed by atoms with E-state index in [1.54, 1.807) is 16.2 Å². The molecule has 4 nitrogen and oxygen atoms in total. The van der Waals surface area contributed by atoms with Crippen LogP contribution in [0.15, 0.2) is 40.6 Å². The predicted octanol–water partition coefficient (Wildman–Crippen LogP) is 4.99. The molecule has 1 fully saturated rings. The molecule has 1 aromatic heterocycles. The molecule has 0 spiro atoms. The number of thioether (sulfide) groups is 1. The normalized spacial score (nSPS) is 15.6. The molecule has 0 atom stereocenters. The lowest BCUT2D eigenvalue weighted by molar-refractivity contribution is -0.122. The molecule has 1 aliphatic rings.